The van der Waals surface area contributed by atoms with E-state index >= 15 is 0 Å². The SMILES string of the molecule is Cc1ccn2nc(C(=O)c3ccccc3)c(C(=O)c3ccccc3)c2c1. The second-order valence-corrected chi connectivity index (χ2v) is 6.15. The Bertz CT molecular complexity index is 1110. The van der Waals surface area contributed by atoms with Gasteiger partial charge in [0.15, 0.2) is 5.78 Å². The molecule has 4 rings (SSSR count). The summed E-state index contributed by atoms with van der Waals surface area (Å²) in [4.78, 5) is 26.2. The molecule has 0 amide bonds. The summed E-state index contributed by atoms with van der Waals surface area (Å²) in [6.45, 7) is 1.95. The van der Waals surface area contributed by atoms with Crippen LogP contribution < -0.4 is 0 Å². The molecule has 0 aliphatic carbocycles. The molecule has 2 heterocycles. The maximum Gasteiger partial charge on any atom is 0.214 e. The topological polar surface area (TPSA) is 51.4 Å². The Morgan fingerprint density at radius 3 is 2.00 bits per heavy atom. The first-order valence-electron chi connectivity index (χ1n) is 8.33. The Balaban J connectivity index is 1.96. The number of pyridine rings is 1. The molecule has 0 unspecified atom stereocenters. The van der Waals surface area contributed by atoms with E-state index in [1.807, 2.05) is 43.3 Å². The average molecular weight is 340 g/mol. The van der Waals surface area contributed by atoms with E-state index in [-0.39, 0.29) is 17.3 Å². The number of benzene rings is 2. The van der Waals surface area contributed by atoms with Crippen LogP contribution in [0.1, 0.15) is 37.5 Å². The van der Waals surface area contributed by atoms with Gasteiger partial charge in [-0.3, -0.25) is 9.59 Å². The molecule has 126 valence electrons. The number of rotatable bonds is 4. The van der Waals surface area contributed by atoms with Crippen molar-refractivity contribution in [3.05, 3.63) is 107 Å². The smallest absolute Gasteiger partial charge is 0.214 e. The number of fused-ring (bicyclic) bond motifs is 1. The van der Waals surface area contributed by atoms with Crippen molar-refractivity contribution in [1.82, 2.24) is 9.61 Å². The lowest BCUT2D eigenvalue weighted by Crippen LogP contribution is -2.10. The van der Waals surface area contributed by atoms with E-state index in [4.69, 9.17) is 0 Å². The minimum absolute atomic E-state index is 0.177. The Morgan fingerprint density at radius 2 is 1.38 bits per heavy atom. The molecule has 0 aliphatic heterocycles. The molecule has 4 nitrogen and oxygen atoms in total. The van der Waals surface area contributed by atoms with Crippen LogP contribution >= 0.6 is 0 Å². The minimum Gasteiger partial charge on any atom is -0.288 e. The first-order chi connectivity index (χ1) is 12.6. The highest BCUT2D eigenvalue weighted by atomic mass is 16.1. The summed E-state index contributed by atoms with van der Waals surface area (Å²) >= 11 is 0. The fraction of sp³-hybridized carbons (Fsp3) is 0.0455. The highest BCUT2D eigenvalue weighted by Crippen LogP contribution is 2.23. The molecule has 0 radical (unpaired) electrons. The molecule has 0 saturated heterocycles. The van der Waals surface area contributed by atoms with Gasteiger partial charge < -0.3 is 0 Å². The van der Waals surface area contributed by atoms with Gasteiger partial charge in [-0.1, -0.05) is 60.7 Å². The van der Waals surface area contributed by atoms with E-state index < -0.39 is 0 Å². The van der Waals surface area contributed by atoms with Crippen LogP contribution in [0, 0.1) is 6.92 Å². The van der Waals surface area contributed by atoms with E-state index in [2.05, 4.69) is 5.10 Å². The Morgan fingerprint density at radius 1 is 0.808 bits per heavy atom. The number of hydrogen-bond donors (Lipinski definition) is 0. The molecule has 0 bridgehead atoms. The van der Waals surface area contributed by atoms with E-state index in [1.165, 1.54) is 0 Å². The molecular weight excluding hydrogens is 324 g/mol. The maximum absolute atomic E-state index is 13.2. The lowest BCUT2D eigenvalue weighted by Gasteiger charge is -2.03. The summed E-state index contributed by atoms with van der Waals surface area (Å²) in [5, 5.41) is 4.42. The van der Waals surface area contributed by atoms with Gasteiger partial charge in [-0.15, -0.1) is 0 Å². The highest BCUT2D eigenvalue weighted by molar-refractivity contribution is 6.21. The Hall–Kier alpha value is -3.53. The third-order valence-corrected chi connectivity index (χ3v) is 4.30. The van der Waals surface area contributed by atoms with E-state index in [1.54, 1.807) is 47.1 Å². The normalized spacial score (nSPS) is 10.8. The van der Waals surface area contributed by atoms with E-state index in [0.29, 0.717) is 22.2 Å². The van der Waals surface area contributed by atoms with Crippen molar-refractivity contribution in [2.45, 2.75) is 6.92 Å². The number of carbonyl (C=O) groups is 2. The summed E-state index contributed by atoms with van der Waals surface area (Å²) in [5.74, 6) is -0.461. The zero-order valence-corrected chi connectivity index (χ0v) is 14.2. The van der Waals surface area contributed by atoms with Crippen molar-refractivity contribution >= 4 is 17.1 Å². The van der Waals surface area contributed by atoms with Crippen LogP contribution in [0.2, 0.25) is 0 Å². The number of carbonyl (C=O) groups excluding carboxylic acids is 2. The lowest BCUT2D eigenvalue weighted by molar-refractivity contribution is 0.100. The summed E-state index contributed by atoms with van der Waals surface area (Å²) in [6, 6.07) is 21.6. The zero-order valence-electron chi connectivity index (χ0n) is 14.2. The fourth-order valence-corrected chi connectivity index (χ4v) is 2.99. The summed E-state index contributed by atoms with van der Waals surface area (Å²) in [5.41, 5.74) is 3.20. The van der Waals surface area contributed by atoms with Gasteiger partial charge in [0.2, 0.25) is 5.78 Å². The van der Waals surface area contributed by atoms with Crippen LogP contribution in [0.5, 0.6) is 0 Å². The minimum atomic E-state index is -0.258. The van der Waals surface area contributed by atoms with Crippen LogP contribution in [0.4, 0.5) is 0 Å². The molecule has 0 spiro atoms. The van der Waals surface area contributed by atoms with Crippen molar-refractivity contribution in [3.63, 3.8) is 0 Å². The molecule has 4 aromatic rings. The lowest BCUT2D eigenvalue weighted by atomic mass is 9.97. The maximum atomic E-state index is 13.2. The largest absolute Gasteiger partial charge is 0.288 e. The van der Waals surface area contributed by atoms with Gasteiger partial charge in [-0.2, -0.15) is 5.10 Å². The summed E-state index contributed by atoms with van der Waals surface area (Å²) < 4.78 is 1.60. The van der Waals surface area contributed by atoms with Gasteiger partial charge in [-0.05, 0) is 24.6 Å². The third-order valence-electron chi connectivity index (χ3n) is 4.30. The van der Waals surface area contributed by atoms with Crippen LogP contribution in [-0.2, 0) is 0 Å². The third kappa shape index (κ3) is 2.71. The molecule has 0 fully saturated rings. The van der Waals surface area contributed by atoms with E-state index in [9.17, 15) is 9.59 Å². The van der Waals surface area contributed by atoms with Crippen LogP contribution in [-0.4, -0.2) is 21.2 Å². The van der Waals surface area contributed by atoms with Gasteiger partial charge in [-0.25, -0.2) is 4.52 Å². The van der Waals surface area contributed by atoms with Gasteiger partial charge in [0.25, 0.3) is 0 Å². The molecule has 2 aromatic carbocycles. The van der Waals surface area contributed by atoms with Crippen molar-refractivity contribution < 1.29 is 9.59 Å². The number of aromatic nitrogens is 2. The number of ketones is 2. The van der Waals surface area contributed by atoms with Crippen LogP contribution in [0.25, 0.3) is 5.52 Å². The van der Waals surface area contributed by atoms with Gasteiger partial charge in [0.05, 0.1) is 11.1 Å². The van der Waals surface area contributed by atoms with Crippen molar-refractivity contribution in [3.8, 4) is 0 Å². The predicted molar refractivity (Wildman–Crippen MR) is 99.7 cm³/mol. The second-order valence-electron chi connectivity index (χ2n) is 6.15. The molecule has 0 aliphatic rings. The summed E-state index contributed by atoms with van der Waals surface area (Å²) in [7, 11) is 0. The van der Waals surface area contributed by atoms with Crippen LogP contribution in [0.15, 0.2) is 79.0 Å². The van der Waals surface area contributed by atoms with Crippen LogP contribution in [0.3, 0.4) is 0 Å². The predicted octanol–water partition coefficient (Wildman–Crippen LogP) is 4.10. The molecule has 4 heteroatoms. The van der Waals surface area contributed by atoms with Crippen molar-refractivity contribution in [1.29, 1.82) is 0 Å². The van der Waals surface area contributed by atoms with Crippen molar-refractivity contribution in [2.75, 3.05) is 0 Å². The molecule has 0 saturated carbocycles. The molecule has 2 aromatic heterocycles. The number of hydrogen-bond acceptors (Lipinski definition) is 3. The molecule has 26 heavy (non-hydrogen) atoms. The first kappa shape index (κ1) is 16.0. The average Bonchev–Trinajstić information content (AvgIpc) is 3.06. The highest BCUT2D eigenvalue weighted by Gasteiger charge is 2.26. The number of aryl methyl sites for hydroxylation is 1. The second kappa shape index (κ2) is 6.41. The molecular formula is C22H16N2O2. The Kier molecular flexibility index (Phi) is 3.93. The quantitative estimate of drug-likeness (QED) is 0.526. The van der Waals surface area contributed by atoms with Crippen molar-refractivity contribution in [2.24, 2.45) is 0 Å². The monoisotopic (exact) mass is 340 g/mol. The van der Waals surface area contributed by atoms with Gasteiger partial charge >= 0.3 is 0 Å². The zero-order chi connectivity index (χ0) is 18.1. The summed E-state index contributed by atoms with van der Waals surface area (Å²) in [6.07, 6.45) is 1.77. The van der Waals surface area contributed by atoms with Gasteiger partial charge in [0.1, 0.15) is 5.69 Å². The molecule has 0 N–H and O–H groups in total. The standard InChI is InChI=1S/C22H16N2O2/c1-15-12-13-24-18(14-15)19(21(25)16-8-4-2-5-9-16)20(23-24)22(26)17-10-6-3-7-11-17/h2-14H,1H3. The Labute approximate surface area is 150 Å². The number of nitrogens with zero attached hydrogens (tertiary/aromatic N) is 2. The van der Waals surface area contributed by atoms with E-state index in [0.717, 1.165) is 5.56 Å². The first-order valence-corrected chi connectivity index (χ1v) is 8.33. The van der Waals surface area contributed by atoms with Gasteiger partial charge in [0, 0.05) is 17.3 Å². The fourth-order valence-electron chi connectivity index (χ4n) is 2.99. The molecule has 0 atom stereocenters.